The van der Waals surface area contributed by atoms with E-state index >= 15 is 0 Å². The van der Waals surface area contributed by atoms with Gasteiger partial charge in [-0.15, -0.1) is 0 Å². The van der Waals surface area contributed by atoms with Gasteiger partial charge in [-0.3, -0.25) is 9.89 Å². The number of para-hydroxylation sites is 1. The molecule has 0 unspecified atom stereocenters. The van der Waals surface area contributed by atoms with Crippen molar-refractivity contribution in [2.24, 2.45) is 0 Å². The van der Waals surface area contributed by atoms with Gasteiger partial charge in [0.25, 0.3) is 5.56 Å². The molecule has 3 nitrogen and oxygen atoms in total. The predicted molar refractivity (Wildman–Crippen MR) is 136 cm³/mol. The molecule has 0 radical (unpaired) electrons. The molecular formula is C27H25ClN2OS. The molecule has 5 heteroatoms. The first kappa shape index (κ1) is 22.3. The van der Waals surface area contributed by atoms with Crippen LogP contribution in [0.3, 0.4) is 0 Å². The largest absolute Gasteiger partial charge is 0.290 e. The van der Waals surface area contributed by atoms with E-state index in [1.165, 1.54) is 5.56 Å². The molecular weight excluding hydrogens is 436 g/mol. The Morgan fingerprint density at radius 3 is 2.19 bits per heavy atom. The molecule has 1 heterocycles. The average molecular weight is 461 g/mol. The Morgan fingerprint density at radius 1 is 0.906 bits per heavy atom. The Labute approximate surface area is 197 Å². The number of aromatic amines is 1. The number of halogens is 1. The maximum absolute atomic E-state index is 13.3. The topological polar surface area (TPSA) is 37.8 Å². The standard InChI is InChI=1S/C27H25ClN2OS/c1-27(2,3)20-11-9-19(10-12-20)17-24-25(18-32-23-15-13-21(28)14-16-23)29-30(26(24)31)22-7-5-4-6-8-22/h4-18,29H,1-3H3/b24-17+,25-18-. The molecule has 0 bridgehead atoms. The van der Waals surface area contributed by atoms with Crippen LogP contribution >= 0.6 is 23.4 Å². The lowest BCUT2D eigenvalue weighted by atomic mass is 9.87. The Balaban J connectivity index is 1.83. The summed E-state index contributed by atoms with van der Waals surface area (Å²) in [6.07, 6.45) is 1.94. The molecule has 4 aromatic rings. The lowest BCUT2D eigenvalue weighted by molar-refractivity contribution is 0.590. The first-order valence-electron chi connectivity index (χ1n) is 10.4. The number of rotatable bonds is 4. The Hall–Kier alpha value is -2.95. The van der Waals surface area contributed by atoms with E-state index in [1.807, 2.05) is 66.1 Å². The highest BCUT2D eigenvalue weighted by Crippen LogP contribution is 2.22. The van der Waals surface area contributed by atoms with Crippen LogP contribution in [-0.2, 0) is 5.41 Å². The first-order chi connectivity index (χ1) is 15.3. The molecule has 32 heavy (non-hydrogen) atoms. The molecule has 0 amide bonds. The third kappa shape index (κ3) is 5.09. The molecule has 0 saturated heterocycles. The van der Waals surface area contributed by atoms with Crippen molar-refractivity contribution in [1.29, 1.82) is 0 Å². The molecule has 1 N–H and O–H groups in total. The minimum absolute atomic E-state index is 0.0841. The van der Waals surface area contributed by atoms with Gasteiger partial charge < -0.3 is 0 Å². The number of nitrogens with one attached hydrogen (secondary N) is 1. The summed E-state index contributed by atoms with van der Waals surface area (Å²) in [6, 6.07) is 25.6. The maximum atomic E-state index is 13.3. The Bertz CT molecular complexity index is 1380. The summed E-state index contributed by atoms with van der Waals surface area (Å²) < 4.78 is 1.59. The number of hydrogen-bond donors (Lipinski definition) is 1. The lowest BCUT2D eigenvalue weighted by Crippen LogP contribution is -2.34. The van der Waals surface area contributed by atoms with E-state index in [2.05, 4.69) is 50.1 Å². The van der Waals surface area contributed by atoms with Crippen molar-refractivity contribution in [1.82, 2.24) is 9.78 Å². The lowest BCUT2D eigenvalue weighted by Gasteiger charge is -2.18. The molecule has 0 atom stereocenters. The highest BCUT2D eigenvalue weighted by atomic mass is 35.5. The number of H-pyrrole nitrogens is 1. The highest BCUT2D eigenvalue weighted by molar-refractivity contribution is 8.06. The second kappa shape index (κ2) is 9.27. The predicted octanol–water partition coefficient (Wildman–Crippen LogP) is 5.48. The molecule has 0 spiro atoms. The second-order valence-electron chi connectivity index (χ2n) is 8.62. The van der Waals surface area contributed by atoms with Gasteiger partial charge in [-0.2, -0.15) is 0 Å². The fourth-order valence-corrected chi connectivity index (χ4v) is 4.19. The zero-order valence-corrected chi connectivity index (χ0v) is 19.9. The fraction of sp³-hybridized carbons (Fsp3) is 0.148. The highest BCUT2D eigenvalue weighted by Gasteiger charge is 2.12. The summed E-state index contributed by atoms with van der Waals surface area (Å²) in [5.41, 5.74) is 3.04. The minimum Gasteiger partial charge on any atom is -0.290 e. The zero-order chi connectivity index (χ0) is 22.7. The van der Waals surface area contributed by atoms with Gasteiger partial charge in [0.1, 0.15) is 0 Å². The number of nitrogens with zero attached hydrogens (tertiary/aromatic N) is 1. The van der Waals surface area contributed by atoms with E-state index in [1.54, 1.807) is 16.4 Å². The molecule has 0 saturated carbocycles. The molecule has 162 valence electrons. The van der Waals surface area contributed by atoms with E-state index in [0.29, 0.717) is 10.2 Å². The quantitative estimate of drug-likeness (QED) is 0.410. The van der Waals surface area contributed by atoms with Crippen LogP contribution < -0.4 is 16.1 Å². The van der Waals surface area contributed by atoms with Crippen molar-refractivity contribution in [3.8, 4) is 5.69 Å². The summed E-state index contributed by atoms with van der Waals surface area (Å²) in [6.45, 7) is 6.58. The van der Waals surface area contributed by atoms with Crippen LogP contribution in [0, 0.1) is 0 Å². The summed E-state index contributed by atoms with van der Waals surface area (Å²) in [4.78, 5) is 14.4. The van der Waals surface area contributed by atoms with Gasteiger partial charge in [-0.05, 0) is 59.0 Å². The van der Waals surface area contributed by atoms with E-state index < -0.39 is 0 Å². The first-order valence-corrected chi connectivity index (χ1v) is 11.7. The molecule has 0 aliphatic heterocycles. The smallest absolute Gasteiger partial charge is 0.279 e. The van der Waals surface area contributed by atoms with Crippen molar-refractivity contribution >= 4 is 34.8 Å². The van der Waals surface area contributed by atoms with Gasteiger partial charge in [-0.25, -0.2) is 4.68 Å². The third-order valence-corrected chi connectivity index (χ3v) is 6.33. The van der Waals surface area contributed by atoms with E-state index in [-0.39, 0.29) is 11.0 Å². The number of benzene rings is 3. The number of thioether (sulfide) groups is 1. The van der Waals surface area contributed by atoms with Crippen LogP contribution in [0.1, 0.15) is 31.9 Å². The van der Waals surface area contributed by atoms with Crippen LogP contribution in [0.15, 0.2) is 88.6 Å². The van der Waals surface area contributed by atoms with Gasteiger partial charge in [0.05, 0.1) is 16.3 Å². The van der Waals surface area contributed by atoms with Crippen LogP contribution in [0.2, 0.25) is 5.02 Å². The zero-order valence-electron chi connectivity index (χ0n) is 18.3. The van der Waals surface area contributed by atoms with Gasteiger partial charge in [0.15, 0.2) is 0 Å². The van der Waals surface area contributed by atoms with Crippen molar-refractivity contribution in [2.75, 3.05) is 0 Å². The third-order valence-electron chi connectivity index (χ3n) is 5.18. The minimum atomic E-state index is -0.0842. The van der Waals surface area contributed by atoms with Gasteiger partial charge >= 0.3 is 0 Å². The van der Waals surface area contributed by atoms with Crippen molar-refractivity contribution in [3.05, 3.63) is 116 Å². The van der Waals surface area contributed by atoms with Crippen molar-refractivity contribution in [2.45, 2.75) is 31.1 Å². The van der Waals surface area contributed by atoms with Gasteiger partial charge in [0.2, 0.25) is 0 Å². The summed E-state index contributed by atoms with van der Waals surface area (Å²) in [5, 5.41) is 7.33. The molecule has 3 aromatic carbocycles. The number of hydrogen-bond acceptors (Lipinski definition) is 2. The van der Waals surface area contributed by atoms with Crippen molar-refractivity contribution < 1.29 is 0 Å². The van der Waals surface area contributed by atoms with E-state index in [4.69, 9.17) is 11.6 Å². The molecule has 0 aliphatic carbocycles. The maximum Gasteiger partial charge on any atom is 0.279 e. The monoisotopic (exact) mass is 460 g/mol. The fourth-order valence-electron chi connectivity index (χ4n) is 3.34. The Morgan fingerprint density at radius 2 is 1.56 bits per heavy atom. The van der Waals surface area contributed by atoms with Gasteiger partial charge in [-0.1, -0.05) is 86.6 Å². The molecule has 0 aliphatic rings. The van der Waals surface area contributed by atoms with Gasteiger partial charge in [0, 0.05) is 15.3 Å². The Kier molecular flexibility index (Phi) is 6.45. The van der Waals surface area contributed by atoms with Crippen LogP contribution in [0.4, 0.5) is 0 Å². The van der Waals surface area contributed by atoms with Crippen LogP contribution in [-0.4, -0.2) is 9.78 Å². The molecule has 4 rings (SSSR count). The van der Waals surface area contributed by atoms with Crippen LogP contribution in [0.5, 0.6) is 0 Å². The summed E-state index contributed by atoms with van der Waals surface area (Å²) >= 11 is 7.54. The normalized spacial score (nSPS) is 13.0. The summed E-state index contributed by atoms with van der Waals surface area (Å²) in [5.74, 6) is 0. The van der Waals surface area contributed by atoms with Crippen molar-refractivity contribution in [3.63, 3.8) is 0 Å². The second-order valence-corrected chi connectivity index (χ2v) is 10.0. The SMILES string of the molecule is CC(C)(C)c1ccc(/C=c2/c(=O)n(-c3ccccc3)[nH]/c2=C\Sc2ccc(Cl)cc2)cc1. The van der Waals surface area contributed by atoms with E-state index in [0.717, 1.165) is 21.5 Å². The average Bonchev–Trinajstić information content (AvgIpc) is 3.09. The van der Waals surface area contributed by atoms with E-state index in [9.17, 15) is 4.79 Å². The molecule has 1 aromatic heterocycles. The number of aromatic nitrogens is 2. The van der Waals surface area contributed by atoms with Crippen LogP contribution in [0.25, 0.3) is 17.2 Å². The summed E-state index contributed by atoms with van der Waals surface area (Å²) in [7, 11) is 0. The molecule has 0 fully saturated rings.